The molecule has 0 spiro atoms. The number of carbonyl (C=O) groups excluding carboxylic acids is 2. The number of nitro groups is 1. The zero-order chi connectivity index (χ0) is 18.9. The first kappa shape index (κ1) is 19.3. The number of ether oxygens (including phenoxy) is 1. The summed E-state index contributed by atoms with van der Waals surface area (Å²) in [4.78, 5) is 32.8. The SMILES string of the molecule is O=Cc1ccc(CCCCC(=O)Oc2ccc(CO)c([N+](=O)[O-])c2)cc1. The van der Waals surface area contributed by atoms with Gasteiger partial charge in [0.05, 0.1) is 23.2 Å². The third-order valence-corrected chi connectivity index (χ3v) is 3.87. The minimum Gasteiger partial charge on any atom is -0.426 e. The molecule has 7 heteroatoms. The lowest BCUT2D eigenvalue weighted by Gasteiger charge is -2.06. The number of carbonyl (C=O) groups is 2. The molecule has 2 aromatic rings. The highest BCUT2D eigenvalue weighted by atomic mass is 16.6. The Morgan fingerprint density at radius 2 is 1.88 bits per heavy atom. The maximum Gasteiger partial charge on any atom is 0.311 e. The van der Waals surface area contributed by atoms with Crippen molar-refractivity contribution in [2.45, 2.75) is 32.3 Å². The summed E-state index contributed by atoms with van der Waals surface area (Å²) in [5, 5.41) is 20.0. The summed E-state index contributed by atoms with van der Waals surface area (Å²) in [7, 11) is 0. The number of rotatable bonds is 9. The Hall–Kier alpha value is -3.06. The number of nitrogens with zero attached hydrogens (tertiary/aromatic N) is 1. The monoisotopic (exact) mass is 357 g/mol. The van der Waals surface area contributed by atoms with Gasteiger partial charge in [-0.2, -0.15) is 0 Å². The molecule has 0 bridgehead atoms. The fourth-order valence-electron chi connectivity index (χ4n) is 2.45. The second-order valence-electron chi connectivity index (χ2n) is 5.75. The van der Waals surface area contributed by atoms with Crippen molar-refractivity contribution < 1.29 is 24.4 Å². The maximum atomic E-state index is 11.9. The summed E-state index contributed by atoms with van der Waals surface area (Å²) in [5.41, 5.74) is 1.59. The van der Waals surface area contributed by atoms with Gasteiger partial charge in [-0.1, -0.05) is 24.3 Å². The molecule has 0 atom stereocenters. The minimum atomic E-state index is -0.626. The number of benzene rings is 2. The van der Waals surface area contributed by atoms with Crippen LogP contribution in [0.5, 0.6) is 5.75 Å². The molecule has 0 unspecified atom stereocenters. The summed E-state index contributed by atoms with van der Waals surface area (Å²) in [5.74, 6) is -0.379. The van der Waals surface area contributed by atoms with Crippen LogP contribution in [-0.2, 0) is 17.8 Å². The molecule has 0 heterocycles. The van der Waals surface area contributed by atoms with Gasteiger partial charge in [0.1, 0.15) is 12.0 Å². The Morgan fingerprint density at radius 1 is 1.15 bits per heavy atom. The van der Waals surface area contributed by atoms with Crippen LogP contribution in [-0.4, -0.2) is 22.3 Å². The van der Waals surface area contributed by atoms with Gasteiger partial charge in [-0.3, -0.25) is 19.7 Å². The molecular formula is C19H19NO6. The lowest BCUT2D eigenvalue weighted by molar-refractivity contribution is -0.385. The molecule has 0 aliphatic carbocycles. The van der Waals surface area contributed by atoms with Crippen molar-refractivity contribution in [3.8, 4) is 5.75 Å². The van der Waals surface area contributed by atoms with Gasteiger partial charge in [0.15, 0.2) is 0 Å². The summed E-state index contributed by atoms with van der Waals surface area (Å²) >= 11 is 0. The molecule has 0 radical (unpaired) electrons. The topological polar surface area (TPSA) is 107 Å². The number of hydrogen-bond donors (Lipinski definition) is 1. The van der Waals surface area contributed by atoms with Crippen molar-refractivity contribution in [3.63, 3.8) is 0 Å². The molecule has 0 aromatic heterocycles. The largest absolute Gasteiger partial charge is 0.426 e. The van der Waals surface area contributed by atoms with Gasteiger partial charge in [-0.15, -0.1) is 0 Å². The van der Waals surface area contributed by atoms with Gasteiger partial charge in [-0.05, 0) is 37.0 Å². The Kier molecular flexibility index (Phi) is 6.99. The number of nitro benzene ring substituents is 1. The Morgan fingerprint density at radius 3 is 2.50 bits per heavy atom. The van der Waals surface area contributed by atoms with E-state index in [1.165, 1.54) is 12.1 Å². The van der Waals surface area contributed by atoms with Crippen LogP contribution in [0.3, 0.4) is 0 Å². The molecule has 2 aromatic carbocycles. The number of aliphatic hydroxyl groups is 1. The van der Waals surface area contributed by atoms with Gasteiger partial charge in [0, 0.05) is 12.0 Å². The van der Waals surface area contributed by atoms with Crippen molar-refractivity contribution in [1.29, 1.82) is 0 Å². The van der Waals surface area contributed by atoms with Gasteiger partial charge in [-0.25, -0.2) is 0 Å². The van der Waals surface area contributed by atoms with E-state index in [-0.39, 0.29) is 23.4 Å². The maximum absolute atomic E-state index is 11.9. The van der Waals surface area contributed by atoms with E-state index >= 15 is 0 Å². The highest BCUT2D eigenvalue weighted by Gasteiger charge is 2.15. The third kappa shape index (κ3) is 5.49. The van der Waals surface area contributed by atoms with E-state index in [4.69, 9.17) is 9.84 Å². The van der Waals surface area contributed by atoms with E-state index in [0.29, 0.717) is 12.0 Å². The Labute approximate surface area is 150 Å². The van der Waals surface area contributed by atoms with Crippen LogP contribution in [0.25, 0.3) is 0 Å². The predicted molar refractivity (Wildman–Crippen MR) is 94.0 cm³/mol. The zero-order valence-corrected chi connectivity index (χ0v) is 14.1. The highest BCUT2D eigenvalue weighted by Crippen LogP contribution is 2.25. The van der Waals surface area contributed by atoms with Crippen molar-refractivity contribution >= 4 is 17.9 Å². The molecule has 2 rings (SSSR count). The van der Waals surface area contributed by atoms with E-state index < -0.39 is 17.5 Å². The van der Waals surface area contributed by atoms with Crippen LogP contribution >= 0.6 is 0 Å². The van der Waals surface area contributed by atoms with E-state index in [2.05, 4.69) is 0 Å². The van der Waals surface area contributed by atoms with Crippen molar-refractivity contribution in [1.82, 2.24) is 0 Å². The van der Waals surface area contributed by atoms with E-state index in [1.54, 1.807) is 12.1 Å². The fraction of sp³-hybridized carbons (Fsp3) is 0.263. The Bertz CT molecular complexity index is 785. The molecule has 7 nitrogen and oxygen atoms in total. The van der Waals surface area contributed by atoms with E-state index in [1.807, 2.05) is 12.1 Å². The van der Waals surface area contributed by atoms with Crippen LogP contribution in [0.15, 0.2) is 42.5 Å². The summed E-state index contributed by atoms with van der Waals surface area (Å²) in [6, 6.07) is 11.2. The minimum absolute atomic E-state index is 0.0864. The fourth-order valence-corrected chi connectivity index (χ4v) is 2.45. The van der Waals surface area contributed by atoms with Crippen LogP contribution in [0.1, 0.15) is 40.7 Å². The molecular weight excluding hydrogens is 338 g/mol. The van der Waals surface area contributed by atoms with Crippen LogP contribution in [0.4, 0.5) is 5.69 Å². The molecule has 0 aliphatic heterocycles. The molecule has 0 amide bonds. The first-order chi connectivity index (χ1) is 12.5. The van der Waals surface area contributed by atoms with Gasteiger partial charge >= 0.3 is 5.97 Å². The molecule has 0 fully saturated rings. The average molecular weight is 357 g/mol. The number of aldehydes is 1. The molecule has 1 N–H and O–H groups in total. The molecule has 136 valence electrons. The van der Waals surface area contributed by atoms with E-state index in [0.717, 1.165) is 30.8 Å². The van der Waals surface area contributed by atoms with Crippen molar-refractivity contribution in [3.05, 3.63) is 69.3 Å². The average Bonchev–Trinajstić information content (AvgIpc) is 2.65. The third-order valence-electron chi connectivity index (χ3n) is 3.87. The number of aryl methyl sites for hydroxylation is 1. The normalized spacial score (nSPS) is 10.3. The van der Waals surface area contributed by atoms with Crippen molar-refractivity contribution in [2.24, 2.45) is 0 Å². The number of aliphatic hydroxyl groups excluding tert-OH is 1. The van der Waals surface area contributed by atoms with Gasteiger partial charge < -0.3 is 9.84 Å². The summed E-state index contributed by atoms with van der Waals surface area (Å²) in [6.45, 7) is -0.460. The lowest BCUT2D eigenvalue weighted by atomic mass is 10.1. The number of unbranched alkanes of at least 4 members (excludes halogenated alkanes) is 1. The zero-order valence-electron chi connectivity index (χ0n) is 14.1. The van der Waals surface area contributed by atoms with Crippen LogP contribution in [0.2, 0.25) is 0 Å². The van der Waals surface area contributed by atoms with Crippen LogP contribution < -0.4 is 4.74 Å². The van der Waals surface area contributed by atoms with Gasteiger partial charge in [0.25, 0.3) is 5.69 Å². The second kappa shape index (κ2) is 9.43. The molecule has 26 heavy (non-hydrogen) atoms. The first-order valence-corrected chi connectivity index (χ1v) is 8.16. The van der Waals surface area contributed by atoms with Crippen LogP contribution in [0, 0.1) is 10.1 Å². The number of hydrogen-bond acceptors (Lipinski definition) is 6. The molecule has 0 aliphatic rings. The lowest BCUT2D eigenvalue weighted by Crippen LogP contribution is -2.08. The van der Waals surface area contributed by atoms with Crippen molar-refractivity contribution in [2.75, 3.05) is 0 Å². The first-order valence-electron chi connectivity index (χ1n) is 8.16. The summed E-state index contributed by atoms with van der Waals surface area (Å²) in [6.07, 6.45) is 3.16. The number of esters is 1. The quantitative estimate of drug-likeness (QED) is 0.184. The standard InChI is InChI=1S/C19H19NO6/c21-12-15-7-5-14(6-8-15)3-1-2-4-19(23)26-17-10-9-16(13-22)18(11-17)20(24)25/h5-12,22H,1-4,13H2. The predicted octanol–water partition coefficient (Wildman–Crippen LogP) is 3.22. The smallest absolute Gasteiger partial charge is 0.311 e. The highest BCUT2D eigenvalue weighted by molar-refractivity contribution is 5.74. The van der Waals surface area contributed by atoms with E-state index in [9.17, 15) is 19.7 Å². The Balaban J connectivity index is 1.80. The summed E-state index contributed by atoms with van der Waals surface area (Å²) < 4.78 is 5.12. The van der Waals surface area contributed by atoms with Gasteiger partial charge in [0.2, 0.25) is 0 Å². The molecule has 0 saturated carbocycles. The molecule has 0 saturated heterocycles. The second-order valence-corrected chi connectivity index (χ2v) is 5.75.